The zero-order valence-electron chi connectivity index (χ0n) is 12.2. The molecule has 22 heavy (non-hydrogen) atoms. The van der Waals surface area contributed by atoms with Crippen LogP contribution in [0.3, 0.4) is 0 Å². The summed E-state index contributed by atoms with van der Waals surface area (Å²) in [4.78, 5) is 22.7. The fourth-order valence-corrected chi connectivity index (χ4v) is 1.71. The largest absolute Gasteiger partial charge is 0.503 e. The molecule has 0 aliphatic carbocycles. The summed E-state index contributed by atoms with van der Waals surface area (Å²) in [5, 5.41) is 20.2. The van der Waals surface area contributed by atoms with Gasteiger partial charge in [-0.25, -0.2) is 0 Å². The Morgan fingerprint density at radius 3 is 2.27 bits per heavy atom. The number of nitrogens with zero attached hydrogens (tertiary/aromatic N) is 2. The molecule has 0 saturated carbocycles. The second-order valence-corrected chi connectivity index (χ2v) is 4.75. The number of rotatable bonds is 3. The summed E-state index contributed by atoms with van der Waals surface area (Å²) in [7, 11) is 0. The van der Waals surface area contributed by atoms with E-state index in [2.05, 4.69) is 15.5 Å². The Kier molecular flexibility index (Phi) is 4.63. The van der Waals surface area contributed by atoms with Crippen LogP contribution in [-0.4, -0.2) is 11.0 Å². The highest BCUT2D eigenvalue weighted by atomic mass is 16.3. The van der Waals surface area contributed by atoms with Crippen LogP contribution in [0.2, 0.25) is 0 Å². The summed E-state index contributed by atoms with van der Waals surface area (Å²) >= 11 is 0. The Morgan fingerprint density at radius 2 is 1.64 bits per heavy atom. The highest BCUT2D eigenvalue weighted by molar-refractivity contribution is 5.90. The summed E-state index contributed by atoms with van der Waals surface area (Å²) < 4.78 is 0. The standard InChI is InChI=1S/C16H15N3O3/c1-10-3-5-12(6-4-10)18-19-13-7-8-15(21)16(22)14(9-13)17-11(2)20/h3-9H,1-2H3,(H2,17,20,21,22). The van der Waals surface area contributed by atoms with Crippen molar-refractivity contribution in [1.82, 2.24) is 0 Å². The van der Waals surface area contributed by atoms with E-state index in [4.69, 9.17) is 0 Å². The Labute approximate surface area is 127 Å². The molecule has 2 N–H and O–H groups in total. The van der Waals surface area contributed by atoms with Crippen LogP contribution < -0.4 is 10.7 Å². The average Bonchev–Trinajstić information content (AvgIpc) is 2.60. The van der Waals surface area contributed by atoms with Crippen LogP contribution in [0.1, 0.15) is 12.5 Å². The number of carbonyl (C=O) groups excluding carboxylic acids is 1. The van der Waals surface area contributed by atoms with Crippen LogP contribution in [0.4, 0.5) is 17.1 Å². The molecule has 0 spiro atoms. The van der Waals surface area contributed by atoms with Crippen molar-refractivity contribution in [2.45, 2.75) is 13.8 Å². The Balaban J connectivity index is 2.39. The number of amides is 1. The lowest BCUT2D eigenvalue weighted by atomic mass is 10.2. The van der Waals surface area contributed by atoms with Crippen molar-refractivity contribution in [2.75, 3.05) is 5.32 Å². The van der Waals surface area contributed by atoms with Crippen LogP contribution in [-0.2, 0) is 4.79 Å². The summed E-state index contributed by atoms with van der Waals surface area (Å²) in [5.41, 5.74) is 1.49. The molecule has 1 amide bonds. The molecule has 0 saturated heterocycles. The number of carbonyl (C=O) groups is 1. The van der Waals surface area contributed by atoms with E-state index >= 15 is 0 Å². The molecule has 0 aromatic heterocycles. The van der Waals surface area contributed by atoms with E-state index in [0.29, 0.717) is 11.4 Å². The lowest BCUT2D eigenvalue weighted by Crippen LogP contribution is -2.07. The van der Waals surface area contributed by atoms with Crippen LogP contribution in [0.25, 0.3) is 0 Å². The van der Waals surface area contributed by atoms with Crippen molar-refractivity contribution in [2.24, 2.45) is 10.2 Å². The Morgan fingerprint density at radius 1 is 1.05 bits per heavy atom. The van der Waals surface area contributed by atoms with E-state index in [-0.39, 0.29) is 5.69 Å². The van der Waals surface area contributed by atoms with E-state index in [0.717, 1.165) is 5.56 Å². The molecular weight excluding hydrogens is 282 g/mol. The molecule has 0 heterocycles. The molecule has 0 fully saturated rings. The SMILES string of the molecule is CC(=O)Nc1cc(N=Nc2ccc(C)cc2)ccc(=O)c1O. The zero-order valence-corrected chi connectivity index (χ0v) is 12.2. The molecule has 0 atom stereocenters. The molecule has 112 valence electrons. The minimum Gasteiger partial charge on any atom is -0.503 e. The van der Waals surface area contributed by atoms with Gasteiger partial charge in [0.05, 0.1) is 17.1 Å². The molecule has 0 radical (unpaired) electrons. The van der Waals surface area contributed by atoms with Crippen LogP contribution in [0.15, 0.2) is 57.5 Å². The molecule has 0 aliphatic rings. The molecular formula is C16H15N3O3. The molecule has 0 aliphatic heterocycles. The van der Waals surface area contributed by atoms with Gasteiger partial charge >= 0.3 is 0 Å². The fourth-order valence-electron chi connectivity index (χ4n) is 1.71. The van der Waals surface area contributed by atoms with Crippen molar-refractivity contribution in [3.05, 3.63) is 58.3 Å². The van der Waals surface area contributed by atoms with Gasteiger partial charge in [-0.05, 0) is 37.3 Å². The van der Waals surface area contributed by atoms with Crippen molar-refractivity contribution in [3.8, 4) is 5.75 Å². The fraction of sp³-hybridized carbons (Fsp3) is 0.125. The van der Waals surface area contributed by atoms with Gasteiger partial charge in [-0.3, -0.25) is 9.59 Å². The third kappa shape index (κ3) is 3.99. The maximum Gasteiger partial charge on any atom is 0.222 e. The Hall–Kier alpha value is -3.02. The highest BCUT2D eigenvalue weighted by Crippen LogP contribution is 2.24. The van der Waals surface area contributed by atoms with Gasteiger partial charge in [-0.1, -0.05) is 17.7 Å². The van der Waals surface area contributed by atoms with Crippen LogP contribution in [0.5, 0.6) is 5.75 Å². The first kappa shape index (κ1) is 15.4. The second-order valence-electron chi connectivity index (χ2n) is 4.75. The maximum atomic E-state index is 11.6. The molecule has 6 nitrogen and oxygen atoms in total. The summed E-state index contributed by atoms with van der Waals surface area (Å²) in [6.07, 6.45) is 0. The molecule has 6 heteroatoms. The van der Waals surface area contributed by atoms with Crippen LogP contribution in [0, 0.1) is 6.92 Å². The summed E-state index contributed by atoms with van der Waals surface area (Å²) in [5.74, 6) is -0.936. The molecule has 2 aromatic rings. The summed E-state index contributed by atoms with van der Waals surface area (Å²) in [6.45, 7) is 3.25. The molecule has 2 aromatic carbocycles. The second kappa shape index (κ2) is 6.62. The van der Waals surface area contributed by atoms with E-state index in [9.17, 15) is 14.7 Å². The smallest absolute Gasteiger partial charge is 0.222 e. The number of azo groups is 1. The minimum atomic E-state index is -0.611. The monoisotopic (exact) mass is 297 g/mol. The molecule has 0 bridgehead atoms. The number of aryl methyl sites for hydroxylation is 1. The van der Waals surface area contributed by atoms with Crippen molar-refractivity contribution < 1.29 is 9.90 Å². The number of hydrogen-bond donors (Lipinski definition) is 2. The topological polar surface area (TPSA) is 91.1 Å². The zero-order chi connectivity index (χ0) is 16.1. The van der Waals surface area contributed by atoms with Crippen LogP contribution >= 0.6 is 0 Å². The predicted octanol–water partition coefficient (Wildman–Crippen LogP) is 3.43. The average molecular weight is 297 g/mol. The number of hydrogen-bond acceptors (Lipinski definition) is 5. The quantitative estimate of drug-likeness (QED) is 0.850. The highest BCUT2D eigenvalue weighted by Gasteiger charge is 2.06. The third-order valence-corrected chi connectivity index (χ3v) is 2.81. The van der Waals surface area contributed by atoms with Gasteiger partial charge in [-0.2, -0.15) is 10.2 Å². The van der Waals surface area contributed by atoms with E-state index in [1.807, 2.05) is 31.2 Å². The van der Waals surface area contributed by atoms with Gasteiger partial charge in [0.1, 0.15) is 0 Å². The first-order chi connectivity index (χ1) is 10.5. The summed E-state index contributed by atoms with van der Waals surface area (Å²) in [6, 6.07) is 11.4. The van der Waals surface area contributed by atoms with Gasteiger partial charge in [0.25, 0.3) is 0 Å². The molecule has 0 unspecified atom stereocenters. The van der Waals surface area contributed by atoms with Gasteiger partial charge in [-0.15, -0.1) is 0 Å². The minimum absolute atomic E-state index is 0.000330. The van der Waals surface area contributed by atoms with Gasteiger partial charge < -0.3 is 10.4 Å². The van der Waals surface area contributed by atoms with Gasteiger partial charge in [0.15, 0.2) is 5.75 Å². The first-order valence-corrected chi connectivity index (χ1v) is 6.59. The normalized spacial score (nSPS) is 10.6. The Bertz CT molecular complexity index is 784. The van der Waals surface area contributed by atoms with Crippen molar-refractivity contribution in [1.29, 1.82) is 0 Å². The number of benzene rings is 1. The van der Waals surface area contributed by atoms with E-state index in [1.165, 1.54) is 25.1 Å². The van der Waals surface area contributed by atoms with Crippen molar-refractivity contribution >= 4 is 23.0 Å². The number of nitrogens with one attached hydrogen (secondary N) is 1. The van der Waals surface area contributed by atoms with E-state index < -0.39 is 17.1 Å². The molecule has 2 rings (SSSR count). The van der Waals surface area contributed by atoms with Gasteiger partial charge in [0, 0.05) is 6.92 Å². The maximum absolute atomic E-state index is 11.6. The first-order valence-electron chi connectivity index (χ1n) is 6.59. The van der Waals surface area contributed by atoms with Gasteiger partial charge in [0.2, 0.25) is 11.3 Å². The van der Waals surface area contributed by atoms with E-state index in [1.54, 1.807) is 0 Å². The number of anilines is 1. The van der Waals surface area contributed by atoms with Crippen molar-refractivity contribution in [3.63, 3.8) is 0 Å². The lowest BCUT2D eigenvalue weighted by Gasteiger charge is -2.00. The third-order valence-electron chi connectivity index (χ3n) is 2.81. The predicted molar refractivity (Wildman–Crippen MR) is 84.0 cm³/mol. The lowest BCUT2D eigenvalue weighted by molar-refractivity contribution is -0.114. The number of aromatic hydroxyl groups is 1.